The third-order valence-electron chi connectivity index (χ3n) is 3.30. The number of nitrogens with zero attached hydrogens (tertiary/aromatic N) is 1. The van der Waals surface area contributed by atoms with Crippen molar-refractivity contribution in [2.24, 2.45) is 0 Å². The van der Waals surface area contributed by atoms with E-state index in [1.807, 2.05) is 6.92 Å². The number of methoxy groups -OCH3 is 1. The minimum Gasteiger partial charge on any atom is -0.392 e. The van der Waals surface area contributed by atoms with Gasteiger partial charge in [0.15, 0.2) is 0 Å². The fourth-order valence-corrected chi connectivity index (χ4v) is 3.76. The Balaban J connectivity index is 3.29. The van der Waals surface area contributed by atoms with Gasteiger partial charge in [-0.15, -0.1) is 6.58 Å². The molecular weight excluding hydrogens is 290 g/mol. The Morgan fingerprint density at radius 1 is 1.33 bits per heavy atom. The molecule has 0 aliphatic carbocycles. The molecule has 0 atom stereocenters. The molecule has 1 rings (SSSR count). The van der Waals surface area contributed by atoms with E-state index in [0.29, 0.717) is 17.7 Å². The Morgan fingerprint density at radius 2 is 2.00 bits per heavy atom. The van der Waals surface area contributed by atoms with Crippen molar-refractivity contribution >= 4 is 10.0 Å². The van der Waals surface area contributed by atoms with Crippen LogP contribution >= 0.6 is 0 Å². The molecule has 5 nitrogen and oxygen atoms in total. The molecule has 0 unspecified atom stereocenters. The van der Waals surface area contributed by atoms with Crippen LogP contribution in [0.25, 0.3) is 0 Å². The van der Waals surface area contributed by atoms with Gasteiger partial charge in [0, 0.05) is 20.2 Å². The summed E-state index contributed by atoms with van der Waals surface area (Å²) in [7, 11) is -2.12. The first-order chi connectivity index (χ1) is 9.88. The van der Waals surface area contributed by atoms with Crippen molar-refractivity contribution in [2.75, 3.05) is 26.8 Å². The summed E-state index contributed by atoms with van der Waals surface area (Å²) in [6, 6.07) is 3.32. The van der Waals surface area contributed by atoms with Gasteiger partial charge in [-0.05, 0) is 36.6 Å². The van der Waals surface area contributed by atoms with Gasteiger partial charge >= 0.3 is 0 Å². The third kappa shape index (κ3) is 4.14. The van der Waals surface area contributed by atoms with Gasteiger partial charge in [0.25, 0.3) is 0 Å². The summed E-state index contributed by atoms with van der Waals surface area (Å²) >= 11 is 0. The SMILES string of the molecule is C=CCN(CCOC)S(=O)(=O)c1cc(CO)c(C)cc1C. The highest BCUT2D eigenvalue weighted by Gasteiger charge is 2.25. The normalized spacial score (nSPS) is 11.9. The zero-order valence-electron chi connectivity index (χ0n) is 12.8. The van der Waals surface area contributed by atoms with Gasteiger partial charge < -0.3 is 9.84 Å². The zero-order chi connectivity index (χ0) is 16.0. The predicted molar refractivity (Wildman–Crippen MR) is 82.7 cm³/mol. The van der Waals surface area contributed by atoms with Gasteiger partial charge in [-0.2, -0.15) is 4.31 Å². The van der Waals surface area contributed by atoms with Crippen molar-refractivity contribution in [1.29, 1.82) is 0 Å². The molecule has 0 amide bonds. The van der Waals surface area contributed by atoms with Gasteiger partial charge in [0.05, 0.1) is 18.1 Å². The average molecular weight is 313 g/mol. The minimum absolute atomic E-state index is 0.186. The van der Waals surface area contributed by atoms with Gasteiger partial charge in [-0.1, -0.05) is 12.1 Å². The molecule has 0 fully saturated rings. The lowest BCUT2D eigenvalue weighted by molar-refractivity contribution is 0.182. The van der Waals surface area contributed by atoms with Gasteiger partial charge in [0.2, 0.25) is 10.0 Å². The number of hydrogen-bond donors (Lipinski definition) is 1. The molecule has 0 saturated heterocycles. The average Bonchev–Trinajstić information content (AvgIpc) is 2.43. The predicted octanol–water partition coefficient (Wildman–Crippen LogP) is 1.62. The number of ether oxygens (including phenoxy) is 1. The Hall–Kier alpha value is -1.21. The van der Waals surface area contributed by atoms with E-state index < -0.39 is 10.0 Å². The van der Waals surface area contributed by atoms with Crippen LogP contribution in [0.1, 0.15) is 16.7 Å². The second-order valence-corrected chi connectivity index (χ2v) is 6.75. The summed E-state index contributed by atoms with van der Waals surface area (Å²) in [6.07, 6.45) is 1.55. The highest BCUT2D eigenvalue weighted by atomic mass is 32.2. The second kappa shape index (κ2) is 7.70. The Bertz CT molecular complexity index is 596. The number of aryl methyl sites for hydroxylation is 2. The van der Waals surface area contributed by atoms with Crippen LogP contribution in [0.2, 0.25) is 0 Å². The number of aliphatic hydroxyl groups is 1. The van der Waals surface area contributed by atoms with Crippen molar-refractivity contribution in [3.05, 3.63) is 41.5 Å². The number of aliphatic hydroxyl groups excluding tert-OH is 1. The molecule has 0 aliphatic heterocycles. The maximum Gasteiger partial charge on any atom is 0.243 e. The standard InChI is InChI=1S/C15H23NO4S/c1-5-6-16(7-8-20-4)21(18,19)15-10-14(11-17)12(2)9-13(15)3/h5,9-10,17H,1,6-8,11H2,2-4H3. The molecule has 1 aromatic rings. The molecule has 21 heavy (non-hydrogen) atoms. The fraction of sp³-hybridized carbons (Fsp3) is 0.467. The number of rotatable bonds is 8. The van der Waals surface area contributed by atoms with Crippen molar-refractivity contribution in [3.63, 3.8) is 0 Å². The van der Waals surface area contributed by atoms with E-state index >= 15 is 0 Å². The summed E-state index contributed by atoms with van der Waals surface area (Å²) in [5, 5.41) is 9.34. The summed E-state index contributed by atoms with van der Waals surface area (Å²) in [5.74, 6) is 0. The monoisotopic (exact) mass is 313 g/mol. The summed E-state index contributed by atoms with van der Waals surface area (Å²) < 4.78 is 31.8. The van der Waals surface area contributed by atoms with Crippen LogP contribution < -0.4 is 0 Å². The lowest BCUT2D eigenvalue weighted by Crippen LogP contribution is -2.34. The lowest BCUT2D eigenvalue weighted by atomic mass is 10.1. The van der Waals surface area contributed by atoms with Crippen LogP contribution in [0, 0.1) is 13.8 Å². The second-order valence-electron chi connectivity index (χ2n) is 4.85. The molecular formula is C15H23NO4S. The van der Waals surface area contributed by atoms with Crippen LogP contribution in [-0.2, 0) is 21.4 Å². The molecule has 0 bridgehead atoms. The first kappa shape index (κ1) is 17.8. The first-order valence-corrected chi connectivity index (χ1v) is 8.13. The van der Waals surface area contributed by atoms with Gasteiger partial charge in [-0.25, -0.2) is 8.42 Å². The molecule has 1 N–H and O–H groups in total. The van der Waals surface area contributed by atoms with Gasteiger partial charge in [0.1, 0.15) is 0 Å². The Kier molecular flexibility index (Phi) is 6.54. The highest BCUT2D eigenvalue weighted by Crippen LogP contribution is 2.24. The fourth-order valence-electron chi connectivity index (χ4n) is 2.11. The number of sulfonamides is 1. The Labute approximate surface area is 126 Å². The maximum atomic E-state index is 12.8. The van der Waals surface area contributed by atoms with Crippen molar-refractivity contribution in [3.8, 4) is 0 Å². The largest absolute Gasteiger partial charge is 0.392 e. The Morgan fingerprint density at radius 3 is 2.52 bits per heavy atom. The molecule has 0 aliphatic rings. The molecule has 0 aromatic heterocycles. The third-order valence-corrected chi connectivity index (χ3v) is 5.31. The van der Waals surface area contributed by atoms with E-state index in [1.165, 1.54) is 11.4 Å². The van der Waals surface area contributed by atoms with Crippen LogP contribution in [-0.4, -0.2) is 44.6 Å². The maximum absolute atomic E-state index is 12.8. The topological polar surface area (TPSA) is 66.8 Å². The first-order valence-electron chi connectivity index (χ1n) is 6.69. The lowest BCUT2D eigenvalue weighted by Gasteiger charge is -2.22. The highest BCUT2D eigenvalue weighted by molar-refractivity contribution is 7.89. The number of benzene rings is 1. The zero-order valence-corrected chi connectivity index (χ0v) is 13.6. The van der Waals surface area contributed by atoms with E-state index in [0.717, 1.165) is 5.56 Å². The van der Waals surface area contributed by atoms with Crippen molar-refractivity contribution in [1.82, 2.24) is 4.31 Å². The molecule has 6 heteroatoms. The van der Waals surface area contributed by atoms with Crippen molar-refractivity contribution < 1.29 is 18.3 Å². The van der Waals surface area contributed by atoms with Crippen LogP contribution in [0.5, 0.6) is 0 Å². The van der Waals surface area contributed by atoms with E-state index in [9.17, 15) is 13.5 Å². The van der Waals surface area contributed by atoms with Gasteiger partial charge in [-0.3, -0.25) is 0 Å². The van der Waals surface area contributed by atoms with E-state index in [4.69, 9.17) is 4.74 Å². The molecule has 0 saturated carbocycles. The summed E-state index contributed by atoms with van der Waals surface area (Å²) in [5.41, 5.74) is 2.15. The van der Waals surface area contributed by atoms with Crippen LogP contribution in [0.3, 0.4) is 0 Å². The van der Waals surface area contributed by atoms with E-state index in [2.05, 4.69) is 6.58 Å². The molecule has 1 aromatic carbocycles. The molecule has 0 spiro atoms. The smallest absolute Gasteiger partial charge is 0.243 e. The molecule has 118 valence electrons. The van der Waals surface area contributed by atoms with E-state index in [1.54, 1.807) is 25.1 Å². The molecule has 0 heterocycles. The quantitative estimate of drug-likeness (QED) is 0.741. The minimum atomic E-state index is -3.64. The van der Waals surface area contributed by atoms with Crippen LogP contribution in [0.4, 0.5) is 0 Å². The molecule has 0 radical (unpaired) electrons. The van der Waals surface area contributed by atoms with E-state index in [-0.39, 0.29) is 24.6 Å². The van der Waals surface area contributed by atoms with Crippen LogP contribution in [0.15, 0.2) is 29.7 Å². The number of hydrogen-bond acceptors (Lipinski definition) is 4. The summed E-state index contributed by atoms with van der Waals surface area (Å²) in [4.78, 5) is 0.218. The van der Waals surface area contributed by atoms with Crippen molar-refractivity contribution in [2.45, 2.75) is 25.3 Å². The summed E-state index contributed by atoms with van der Waals surface area (Å²) in [6.45, 7) is 7.80.